The zero-order chi connectivity index (χ0) is 14.1. The lowest BCUT2D eigenvalue weighted by Crippen LogP contribution is -2.17. The Morgan fingerprint density at radius 3 is 2.58 bits per heavy atom. The Morgan fingerprint density at radius 2 is 2.00 bits per heavy atom. The third kappa shape index (κ3) is 6.94. The Kier molecular flexibility index (Phi) is 7.15. The maximum absolute atomic E-state index is 10.7. The fourth-order valence-corrected chi connectivity index (χ4v) is 1.62. The number of carboxylic acids is 1. The smallest absolute Gasteiger partial charge is 0.335 e. The van der Waals surface area contributed by atoms with Crippen molar-refractivity contribution in [3.8, 4) is 0 Å². The molecule has 4 heteroatoms. The molecule has 2 N–H and O–H groups in total. The lowest BCUT2D eigenvalue weighted by atomic mass is 10.1. The van der Waals surface area contributed by atoms with Gasteiger partial charge in [0, 0.05) is 19.8 Å². The van der Waals surface area contributed by atoms with Crippen molar-refractivity contribution < 1.29 is 14.6 Å². The summed E-state index contributed by atoms with van der Waals surface area (Å²) < 4.78 is 5.48. The SMILES string of the molecule is CC(C)COCCCNCc1ccc(C(=O)O)cc1. The first kappa shape index (κ1) is 15.7. The van der Waals surface area contributed by atoms with Crippen LogP contribution in [0.25, 0.3) is 0 Å². The van der Waals surface area contributed by atoms with Crippen LogP contribution < -0.4 is 5.32 Å². The number of rotatable bonds is 9. The van der Waals surface area contributed by atoms with Gasteiger partial charge in [0.2, 0.25) is 0 Å². The second-order valence-corrected chi connectivity index (χ2v) is 5.00. The van der Waals surface area contributed by atoms with Crippen LogP contribution >= 0.6 is 0 Å². The molecule has 1 aromatic rings. The van der Waals surface area contributed by atoms with Gasteiger partial charge in [-0.25, -0.2) is 4.79 Å². The molecule has 0 aliphatic carbocycles. The third-order valence-electron chi connectivity index (χ3n) is 2.62. The number of benzene rings is 1. The minimum Gasteiger partial charge on any atom is -0.478 e. The molecule has 0 aliphatic rings. The van der Waals surface area contributed by atoms with E-state index in [1.165, 1.54) is 0 Å². The summed E-state index contributed by atoms with van der Waals surface area (Å²) >= 11 is 0. The van der Waals surface area contributed by atoms with E-state index in [4.69, 9.17) is 9.84 Å². The van der Waals surface area contributed by atoms with Crippen LogP contribution in [0.1, 0.15) is 36.2 Å². The van der Waals surface area contributed by atoms with Gasteiger partial charge in [0.1, 0.15) is 0 Å². The maximum Gasteiger partial charge on any atom is 0.335 e. The zero-order valence-corrected chi connectivity index (χ0v) is 11.7. The molecule has 0 spiro atoms. The summed E-state index contributed by atoms with van der Waals surface area (Å²) in [5.41, 5.74) is 1.42. The van der Waals surface area contributed by atoms with E-state index in [0.717, 1.165) is 38.3 Å². The Labute approximate surface area is 114 Å². The summed E-state index contributed by atoms with van der Waals surface area (Å²) in [6.07, 6.45) is 0.986. The third-order valence-corrected chi connectivity index (χ3v) is 2.62. The topological polar surface area (TPSA) is 58.6 Å². The summed E-state index contributed by atoms with van der Waals surface area (Å²) in [5.74, 6) is -0.303. The molecule has 19 heavy (non-hydrogen) atoms. The van der Waals surface area contributed by atoms with E-state index in [0.29, 0.717) is 11.5 Å². The Morgan fingerprint density at radius 1 is 1.32 bits per heavy atom. The average Bonchev–Trinajstić information content (AvgIpc) is 2.38. The Balaban J connectivity index is 2.11. The van der Waals surface area contributed by atoms with Gasteiger partial charge in [-0.05, 0) is 36.6 Å². The molecule has 1 aromatic carbocycles. The fraction of sp³-hybridized carbons (Fsp3) is 0.533. The van der Waals surface area contributed by atoms with Crippen LogP contribution in [-0.4, -0.2) is 30.8 Å². The summed E-state index contributed by atoms with van der Waals surface area (Å²) in [4.78, 5) is 10.7. The maximum atomic E-state index is 10.7. The van der Waals surface area contributed by atoms with Crippen molar-refractivity contribution in [3.63, 3.8) is 0 Å². The van der Waals surface area contributed by atoms with E-state index in [2.05, 4.69) is 19.2 Å². The predicted octanol–water partition coefficient (Wildman–Crippen LogP) is 2.54. The summed E-state index contributed by atoms with van der Waals surface area (Å²) in [7, 11) is 0. The highest BCUT2D eigenvalue weighted by Crippen LogP contribution is 2.04. The second-order valence-electron chi connectivity index (χ2n) is 5.00. The molecule has 4 nitrogen and oxygen atoms in total. The number of carboxylic acid groups (broad SMARTS) is 1. The summed E-state index contributed by atoms with van der Waals surface area (Å²) in [5, 5.41) is 12.1. The van der Waals surface area contributed by atoms with Crippen LogP contribution in [0.4, 0.5) is 0 Å². The lowest BCUT2D eigenvalue weighted by molar-refractivity contribution is 0.0697. The van der Waals surface area contributed by atoms with Crippen molar-refractivity contribution in [2.45, 2.75) is 26.8 Å². The highest BCUT2D eigenvalue weighted by atomic mass is 16.5. The molecule has 0 heterocycles. The van der Waals surface area contributed by atoms with Crippen molar-refractivity contribution >= 4 is 5.97 Å². The first-order valence-electron chi connectivity index (χ1n) is 6.70. The zero-order valence-electron chi connectivity index (χ0n) is 11.7. The first-order valence-corrected chi connectivity index (χ1v) is 6.70. The van der Waals surface area contributed by atoms with Gasteiger partial charge in [-0.3, -0.25) is 0 Å². The highest BCUT2D eigenvalue weighted by Gasteiger charge is 2.01. The first-order chi connectivity index (χ1) is 9.09. The normalized spacial score (nSPS) is 10.9. The largest absolute Gasteiger partial charge is 0.478 e. The minimum atomic E-state index is -0.887. The minimum absolute atomic E-state index is 0.325. The molecule has 0 saturated heterocycles. The molecule has 0 amide bonds. The second kappa shape index (κ2) is 8.67. The summed E-state index contributed by atoms with van der Waals surface area (Å²) in [6.45, 7) is 7.53. The van der Waals surface area contributed by atoms with E-state index in [9.17, 15) is 4.79 Å². The Bertz CT molecular complexity index is 373. The molecule has 0 saturated carbocycles. The van der Waals surface area contributed by atoms with E-state index in [1.807, 2.05) is 12.1 Å². The number of aromatic carboxylic acids is 1. The molecular formula is C15H23NO3. The lowest BCUT2D eigenvalue weighted by Gasteiger charge is -2.08. The van der Waals surface area contributed by atoms with Gasteiger partial charge < -0.3 is 15.2 Å². The number of nitrogens with one attached hydrogen (secondary N) is 1. The van der Waals surface area contributed by atoms with Gasteiger partial charge in [0.15, 0.2) is 0 Å². The van der Waals surface area contributed by atoms with Gasteiger partial charge >= 0.3 is 5.97 Å². The molecule has 0 aliphatic heterocycles. The average molecular weight is 265 g/mol. The molecule has 0 fully saturated rings. The molecule has 0 radical (unpaired) electrons. The molecule has 0 unspecified atom stereocenters. The molecule has 0 aromatic heterocycles. The molecular weight excluding hydrogens is 242 g/mol. The van der Waals surface area contributed by atoms with Crippen molar-refractivity contribution in [1.82, 2.24) is 5.32 Å². The molecule has 0 bridgehead atoms. The standard InChI is InChI=1S/C15H23NO3/c1-12(2)11-19-9-3-8-16-10-13-4-6-14(7-5-13)15(17)18/h4-7,12,16H,3,8-11H2,1-2H3,(H,17,18). The molecule has 0 atom stereocenters. The number of hydrogen-bond acceptors (Lipinski definition) is 3. The van der Waals surface area contributed by atoms with E-state index >= 15 is 0 Å². The highest BCUT2D eigenvalue weighted by molar-refractivity contribution is 5.87. The van der Waals surface area contributed by atoms with Gasteiger partial charge in [0.25, 0.3) is 0 Å². The van der Waals surface area contributed by atoms with Crippen LogP contribution in [0.3, 0.4) is 0 Å². The van der Waals surface area contributed by atoms with Gasteiger partial charge in [-0.1, -0.05) is 26.0 Å². The van der Waals surface area contributed by atoms with Gasteiger partial charge in [0.05, 0.1) is 5.56 Å². The molecule has 1 rings (SSSR count). The van der Waals surface area contributed by atoms with E-state index < -0.39 is 5.97 Å². The Hall–Kier alpha value is -1.39. The van der Waals surface area contributed by atoms with Gasteiger partial charge in [-0.15, -0.1) is 0 Å². The van der Waals surface area contributed by atoms with Crippen molar-refractivity contribution in [2.24, 2.45) is 5.92 Å². The van der Waals surface area contributed by atoms with Crippen LogP contribution in [0.5, 0.6) is 0 Å². The van der Waals surface area contributed by atoms with Crippen LogP contribution in [-0.2, 0) is 11.3 Å². The monoisotopic (exact) mass is 265 g/mol. The van der Waals surface area contributed by atoms with Crippen molar-refractivity contribution in [3.05, 3.63) is 35.4 Å². The van der Waals surface area contributed by atoms with Crippen LogP contribution in [0.15, 0.2) is 24.3 Å². The summed E-state index contributed by atoms with van der Waals surface area (Å²) in [6, 6.07) is 6.94. The van der Waals surface area contributed by atoms with Gasteiger partial charge in [-0.2, -0.15) is 0 Å². The van der Waals surface area contributed by atoms with Crippen LogP contribution in [0, 0.1) is 5.92 Å². The van der Waals surface area contributed by atoms with E-state index in [-0.39, 0.29) is 0 Å². The fourth-order valence-electron chi connectivity index (χ4n) is 1.62. The van der Waals surface area contributed by atoms with E-state index in [1.54, 1.807) is 12.1 Å². The number of carbonyl (C=O) groups is 1. The predicted molar refractivity (Wildman–Crippen MR) is 75.4 cm³/mol. The van der Waals surface area contributed by atoms with Crippen LogP contribution in [0.2, 0.25) is 0 Å². The number of ether oxygens (including phenoxy) is 1. The quantitative estimate of drug-likeness (QED) is 0.674. The molecule has 106 valence electrons. The van der Waals surface area contributed by atoms with Crippen molar-refractivity contribution in [1.29, 1.82) is 0 Å². The van der Waals surface area contributed by atoms with Crippen molar-refractivity contribution in [2.75, 3.05) is 19.8 Å². The number of hydrogen-bond donors (Lipinski definition) is 2.